The number of nitrogens with two attached hydrogens (primary N) is 1. The Morgan fingerprint density at radius 1 is 1.40 bits per heavy atom. The summed E-state index contributed by atoms with van der Waals surface area (Å²) >= 11 is 0. The molecule has 1 aromatic rings. The fourth-order valence-corrected chi connectivity index (χ4v) is 3.97. The zero-order valence-electron chi connectivity index (χ0n) is 11.6. The van der Waals surface area contributed by atoms with Crippen LogP contribution in [0.3, 0.4) is 0 Å². The first-order valence-corrected chi connectivity index (χ1v) is 8.47. The Bertz CT molecular complexity index is 598. The molecule has 0 spiro atoms. The Kier molecular flexibility index (Phi) is 4.45. The van der Waals surface area contributed by atoms with Crippen LogP contribution in [0.2, 0.25) is 0 Å². The van der Waals surface area contributed by atoms with Crippen molar-refractivity contribution in [3.63, 3.8) is 0 Å². The minimum absolute atomic E-state index is 0.0154. The first-order chi connectivity index (χ1) is 9.45. The molecule has 1 saturated heterocycles. The maximum atomic E-state index is 12.5. The fraction of sp³-hybridized carbons (Fsp3) is 0.500. The van der Waals surface area contributed by atoms with Crippen molar-refractivity contribution in [2.75, 3.05) is 18.8 Å². The first kappa shape index (κ1) is 15.0. The SMILES string of the molecule is CCCS(=O)(=O)c1ccccc1C(=O)N1CC[C@@H](N)C1. The predicted octanol–water partition coefficient (Wildman–Crippen LogP) is 1.04. The molecule has 1 fully saturated rings. The lowest BCUT2D eigenvalue weighted by molar-refractivity contribution is 0.0787. The van der Waals surface area contributed by atoms with E-state index in [1.165, 1.54) is 6.07 Å². The number of carbonyl (C=O) groups is 1. The van der Waals surface area contributed by atoms with Crippen LogP contribution in [0.4, 0.5) is 0 Å². The van der Waals surface area contributed by atoms with Crippen LogP contribution >= 0.6 is 0 Å². The Morgan fingerprint density at radius 3 is 2.70 bits per heavy atom. The number of nitrogens with zero attached hydrogens (tertiary/aromatic N) is 1. The van der Waals surface area contributed by atoms with E-state index in [4.69, 9.17) is 5.73 Å². The smallest absolute Gasteiger partial charge is 0.255 e. The van der Waals surface area contributed by atoms with Crippen LogP contribution < -0.4 is 5.73 Å². The molecule has 0 aliphatic carbocycles. The molecular weight excluding hydrogens is 276 g/mol. The number of benzene rings is 1. The van der Waals surface area contributed by atoms with E-state index in [1.807, 2.05) is 6.92 Å². The molecule has 0 bridgehead atoms. The van der Waals surface area contributed by atoms with Crippen LogP contribution in [-0.4, -0.2) is 44.1 Å². The summed E-state index contributed by atoms with van der Waals surface area (Å²) in [6, 6.07) is 6.41. The van der Waals surface area contributed by atoms with Crippen molar-refractivity contribution >= 4 is 15.7 Å². The Balaban J connectivity index is 2.35. The minimum Gasteiger partial charge on any atom is -0.337 e. The molecular formula is C14H20N2O3S. The standard InChI is InChI=1S/C14H20N2O3S/c1-2-9-20(18,19)13-6-4-3-5-12(13)14(17)16-8-7-11(15)10-16/h3-6,11H,2,7-10,15H2,1H3/t11-/m1/s1. The van der Waals surface area contributed by atoms with Gasteiger partial charge >= 0.3 is 0 Å². The Labute approximate surface area is 119 Å². The number of carbonyl (C=O) groups excluding carboxylic acids is 1. The lowest BCUT2D eigenvalue weighted by Crippen LogP contribution is -2.32. The van der Waals surface area contributed by atoms with Crippen LogP contribution in [0.25, 0.3) is 0 Å². The van der Waals surface area contributed by atoms with E-state index in [0.29, 0.717) is 19.5 Å². The zero-order chi connectivity index (χ0) is 14.8. The van der Waals surface area contributed by atoms with Crippen LogP contribution in [0.1, 0.15) is 30.1 Å². The molecule has 0 unspecified atom stereocenters. The lowest BCUT2D eigenvalue weighted by Gasteiger charge is -2.18. The summed E-state index contributed by atoms with van der Waals surface area (Å²) in [5.41, 5.74) is 6.06. The molecule has 1 aliphatic rings. The normalized spacial score (nSPS) is 19.3. The largest absolute Gasteiger partial charge is 0.337 e. The van der Waals surface area contributed by atoms with E-state index >= 15 is 0 Å². The number of hydrogen-bond donors (Lipinski definition) is 1. The molecule has 1 aliphatic heterocycles. The van der Waals surface area contributed by atoms with Crippen molar-refractivity contribution in [3.8, 4) is 0 Å². The number of likely N-dealkylation sites (tertiary alicyclic amines) is 1. The third kappa shape index (κ3) is 3.02. The monoisotopic (exact) mass is 296 g/mol. The van der Waals surface area contributed by atoms with Gasteiger partial charge in [-0.15, -0.1) is 0 Å². The number of sulfone groups is 1. The fourth-order valence-electron chi connectivity index (χ4n) is 2.44. The molecule has 0 radical (unpaired) electrons. The molecule has 0 saturated carbocycles. The van der Waals surface area contributed by atoms with Gasteiger partial charge in [0.15, 0.2) is 9.84 Å². The third-order valence-electron chi connectivity index (χ3n) is 3.44. The van der Waals surface area contributed by atoms with Crippen molar-refractivity contribution in [1.29, 1.82) is 0 Å². The van der Waals surface area contributed by atoms with E-state index < -0.39 is 9.84 Å². The van der Waals surface area contributed by atoms with E-state index in [1.54, 1.807) is 23.1 Å². The van der Waals surface area contributed by atoms with Crippen LogP contribution in [0, 0.1) is 0 Å². The molecule has 1 heterocycles. The predicted molar refractivity (Wildman–Crippen MR) is 77.3 cm³/mol. The molecule has 1 aromatic carbocycles. The van der Waals surface area contributed by atoms with Crippen LogP contribution in [-0.2, 0) is 9.84 Å². The van der Waals surface area contributed by atoms with Crippen molar-refractivity contribution in [2.45, 2.75) is 30.7 Å². The van der Waals surface area contributed by atoms with Gasteiger partial charge in [0.2, 0.25) is 0 Å². The van der Waals surface area contributed by atoms with Gasteiger partial charge in [-0.3, -0.25) is 4.79 Å². The zero-order valence-corrected chi connectivity index (χ0v) is 12.4. The summed E-state index contributed by atoms with van der Waals surface area (Å²) in [6.45, 7) is 2.88. The molecule has 0 aromatic heterocycles. The van der Waals surface area contributed by atoms with E-state index in [9.17, 15) is 13.2 Å². The molecule has 1 amide bonds. The average molecular weight is 296 g/mol. The van der Waals surface area contributed by atoms with Gasteiger partial charge < -0.3 is 10.6 Å². The maximum Gasteiger partial charge on any atom is 0.255 e. The van der Waals surface area contributed by atoms with Crippen molar-refractivity contribution < 1.29 is 13.2 Å². The summed E-state index contributed by atoms with van der Waals surface area (Å²) in [7, 11) is -3.41. The number of rotatable bonds is 4. The molecule has 2 rings (SSSR count). The molecule has 1 atom stereocenters. The van der Waals surface area contributed by atoms with Gasteiger partial charge in [0.05, 0.1) is 16.2 Å². The first-order valence-electron chi connectivity index (χ1n) is 6.82. The van der Waals surface area contributed by atoms with Crippen molar-refractivity contribution in [1.82, 2.24) is 4.90 Å². The summed E-state index contributed by atoms with van der Waals surface area (Å²) in [4.78, 5) is 14.2. The van der Waals surface area contributed by atoms with Crippen LogP contribution in [0.5, 0.6) is 0 Å². The molecule has 2 N–H and O–H groups in total. The molecule has 110 valence electrons. The topological polar surface area (TPSA) is 80.5 Å². The summed E-state index contributed by atoms with van der Waals surface area (Å²) < 4.78 is 24.5. The second-order valence-electron chi connectivity index (χ2n) is 5.11. The highest BCUT2D eigenvalue weighted by Crippen LogP contribution is 2.21. The highest BCUT2D eigenvalue weighted by molar-refractivity contribution is 7.91. The highest BCUT2D eigenvalue weighted by Gasteiger charge is 2.28. The van der Waals surface area contributed by atoms with Gasteiger partial charge in [-0.05, 0) is 25.0 Å². The molecule has 5 nitrogen and oxygen atoms in total. The summed E-state index contributed by atoms with van der Waals surface area (Å²) in [5.74, 6) is -0.190. The maximum absolute atomic E-state index is 12.5. The highest BCUT2D eigenvalue weighted by atomic mass is 32.2. The van der Waals surface area contributed by atoms with Crippen molar-refractivity contribution in [3.05, 3.63) is 29.8 Å². The van der Waals surface area contributed by atoms with E-state index in [-0.39, 0.29) is 28.2 Å². The third-order valence-corrected chi connectivity index (χ3v) is 5.41. The van der Waals surface area contributed by atoms with Crippen molar-refractivity contribution in [2.24, 2.45) is 5.73 Å². The van der Waals surface area contributed by atoms with Gasteiger partial charge in [-0.1, -0.05) is 19.1 Å². The Hall–Kier alpha value is -1.40. The van der Waals surface area contributed by atoms with Gasteiger partial charge in [0.25, 0.3) is 5.91 Å². The van der Waals surface area contributed by atoms with E-state index in [0.717, 1.165) is 6.42 Å². The molecule has 20 heavy (non-hydrogen) atoms. The van der Waals surface area contributed by atoms with Gasteiger partial charge in [-0.25, -0.2) is 8.42 Å². The number of hydrogen-bond acceptors (Lipinski definition) is 4. The van der Waals surface area contributed by atoms with Crippen LogP contribution in [0.15, 0.2) is 29.2 Å². The van der Waals surface area contributed by atoms with Gasteiger partial charge in [-0.2, -0.15) is 0 Å². The minimum atomic E-state index is -3.41. The van der Waals surface area contributed by atoms with Gasteiger partial charge in [0.1, 0.15) is 0 Å². The van der Waals surface area contributed by atoms with Gasteiger partial charge in [0, 0.05) is 19.1 Å². The Morgan fingerprint density at radius 2 is 2.10 bits per heavy atom. The second kappa shape index (κ2) is 5.93. The second-order valence-corrected chi connectivity index (χ2v) is 7.19. The average Bonchev–Trinajstić information content (AvgIpc) is 2.84. The quantitative estimate of drug-likeness (QED) is 0.900. The summed E-state index contributed by atoms with van der Waals surface area (Å²) in [6.07, 6.45) is 1.29. The van der Waals surface area contributed by atoms with E-state index in [2.05, 4.69) is 0 Å². The lowest BCUT2D eigenvalue weighted by atomic mass is 10.2. The summed E-state index contributed by atoms with van der Waals surface area (Å²) in [5, 5.41) is 0. The molecule has 6 heteroatoms. The number of amides is 1.